The van der Waals surface area contributed by atoms with Gasteiger partial charge in [0.1, 0.15) is 5.82 Å². The number of hydrogen-bond donors (Lipinski definition) is 2. The van der Waals surface area contributed by atoms with Gasteiger partial charge in [-0.25, -0.2) is 4.98 Å². The fraction of sp³-hybridized carbons (Fsp3) is 0.636. The molecule has 0 amide bonds. The zero-order valence-electron chi connectivity index (χ0n) is 9.57. The molecule has 16 heavy (non-hydrogen) atoms. The third-order valence-corrected chi connectivity index (χ3v) is 3.07. The second kappa shape index (κ2) is 5.12. The summed E-state index contributed by atoms with van der Waals surface area (Å²) < 4.78 is 0. The molecule has 0 aliphatic carbocycles. The number of H-pyrrole nitrogens is 1. The van der Waals surface area contributed by atoms with E-state index in [0.29, 0.717) is 11.7 Å². The Morgan fingerprint density at radius 3 is 3.25 bits per heavy atom. The quantitative estimate of drug-likeness (QED) is 0.780. The molecule has 1 aliphatic heterocycles. The van der Waals surface area contributed by atoms with Gasteiger partial charge in [-0.15, -0.1) is 0 Å². The molecule has 0 spiro atoms. The van der Waals surface area contributed by atoms with Crippen molar-refractivity contribution >= 4 is 5.82 Å². The second-order valence-corrected chi connectivity index (χ2v) is 4.23. The Balaban J connectivity index is 1.82. The largest absolute Gasteiger partial charge is 0.370 e. The van der Waals surface area contributed by atoms with Crippen molar-refractivity contribution < 1.29 is 0 Å². The van der Waals surface area contributed by atoms with Crippen molar-refractivity contribution in [2.24, 2.45) is 5.92 Å². The summed E-state index contributed by atoms with van der Waals surface area (Å²) in [7, 11) is 0. The monoisotopic (exact) mass is 222 g/mol. The van der Waals surface area contributed by atoms with Gasteiger partial charge in [-0.1, -0.05) is 6.92 Å². The first kappa shape index (κ1) is 11.1. The summed E-state index contributed by atoms with van der Waals surface area (Å²) in [5.74, 6) is 1.33. The number of nitrogens with zero attached hydrogens (tertiary/aromatic N) is 2. The summed E-state index contributed by atoms with van der Waals surface area (Å²) in [6.45, 7) is 6.54. The van der Waals surface area contributed by atoms with Crippen molar-refractivity contribution in [3.05, 3.63) is 22.7 Å². The van der Waals surface area contributed by atoms with Crippen molar-refractivity contribution in [1.29, 1.82) is 0 Å². The molecule has 2 N–H and O–H groups in total. The Labute approximate surface area is 94.9 Å². The number of nitrogens with one attached hydrogen (secondary N) is 2. The fourth-order valence-electron chi connectivity index (χ4n) is 2.08. The van der Waals surface area contributed by atoms with Gasteiger partial charge >= 0.3 is 0 Å². The molecule has 5 heteroatoms. The highest BCUT2D eigenvalue weighted by Crippen LogP contribution is 2.15. The highest BCUT2D eigenvalue weighted by molar-refractivity contribution is 5.31. The van der Waals surface area contributed by atoms with E-state index < -0.39 is 0 Å². The summed E-state index contributed by atoms with van der Waals surface area (Å²) in [6, 6.07) is 1.49. The average molecular weight is 222 g/mol. The van der Waals surface area contributed by atoms with E-state index in [1.54, 1.807) is 0 Å². The normalized spacial score (nSPS) is 21.2. The van der Waals surface area contributed by atoms with Gasteiger partial charge in [-0.05, 0) is 25.4 Å². The molecular formula is C11H18N4O. The van der Waals surface area contributed by atoms with E-state index in [0.717, 1.165) is 19.6 Å². The third kappa shape index (κ3) is 2.82. The van der Waals surface area contributed by atoms with Crippen molar-refractivity contribution in [2.75, 3.05) is 31.5 Å². The standard InChI is InChI=1S/C11H18N4O/c1-2-15-4-3-9(7-15)6-12-10-5-11(16)14-8-13-10/h5,8-9H,2-4,6-7H2,1H3,(H2,12,13,14,16). The van der Waals surface area contributed by atoms with E-state index in [9.17, 15) is 4.79 Å². The first-order valence-electron chi connectivity index (χ1n) is 5.79. The Morgan fingerprint density at radius 1 is 1.69 bits per heavy atom. The molecular weight excluding hydrogens is 204 g/mol. The number of aromatic amines is 1. The molecule has 1 aromatic heterocycles. The molecule has 2 heterocycles. The minimum atomic E-state index is -0.112. The van der Waals surface area contributed by atoms with Gasteiger partial charge in [0.05, 0.1) is 6.33 Å². The van der Waals surface area contributed by atoms with Crippen molar-refractivity contribution in [2.45, 2.75) is 13.3 Å². The van der Waals surface area contributed by atoms with Gasteiger partial charge < -0.3 is 15.2 Å². The number of aromatic nitrogens is 2. The number of rotatable bonds is 4. The van der Waals surface area contributed by atoms with E-state index in [-0.39, 0.29) is 5.56 Å². The Morgan fingerprint density at radius 2 is 2.56 bits per heavy atom. The molecule has 1 fully saturated rings. The summed E-state index contributed by atoms with van der Waals surface area (Å²) in [6.07, 6.45) is 2.65. The predicted octanol–water partition coefficient (Wildman–Crippen LogP) is 0.524. The Bertz CT molecular complexity index is 390. The first-order valence-corrected chi connectivity index (χ1v) is 5.79. The van der Waals surface area contributed by atoms with Crippen molar-refractivity contribution in [3.8, 4) is 0 Å². The molecule has 1 unspecified atom stereocenters. The lowest BCUT2D eigenvalue weighted by atomic mass is 10.1. The van der Waals surface area contributed by atoms with Crippen LogP contribution in [0.5, 0.6) is 0 Å². The van der Waals surface area contributed by atoms with Crippen LogP contribution in [0.1, 0.15) is 13.3 Å². The highest BCUT2D eigenvalue weighted by Gasteiger charge is 2.20. The lowest BCUT2D eigenvalue weighted by Gasteiger charge is -2.13. The minimum absolute atomic E-state index is 0.112. The van der Waals surface area contributed by atoms with Crippen LogP contribution in [0, 0.1) is 5.92 Å². The fourth-order valence-corrected chi connectivity index (χ4v) is 2.08. The maximum absolute atomic E-state index is 11.0. The molecule has 0 radical (unpaired) electrons. The lowest BCUT2D eigenvalue weighted by molar-refractivity contribution is 0.345. The number of anilines is 1. The molecule has 0 bridgehead atoms. The molecule has 88 valence electrons. The van der Waals surface area contributed by atoms with Crippen LogP contribution in [0.4, 0.5) is 5.82 Å². The van der Waals surface area contributed by atoms with E-state index in [1.807, 2.05) is 0 Å². The molecule has 1 saturated heterocycles. The van der Waals surface area contributed by atoms with Gasteiger partial charge in [0, 0.05) is 19.2 Å². The zero-order chi connectivity index (χ0) is 11.4. The number of likely N-dealkylation sites (tertiary alicyclic amines) is 1. The third-order valence-electron chi connectivity index (χ3n) is 3.07. The predicted molar refractivity (Wildman–Crippen MR) is 63.6 cm³/mol. The molecule has 2 rings (SSSR count). The van der Waals surface area contributed by atoms with Crippen molar-refractivity contribution in [1.82, 2.24) is 14.9 Å². The summed E-state index contributed by atoms with van der Waals surface area (Å²) in [4.78, 5) is 20.0. The van der Waals surface area contributed by atoms with Crippen molar-refractivity contribution in [3.63, 3.8) is 0 Å². The maximum Gasteiger partial charge on any atom is 0.252 e. The molecule has 0 saturated carbocycles. The smallest absolute Gasteiger partial charge is 0.252 e. The average Bonchev–Trinajstić information content (AvgIpc) is 2.74. The van der Waals surface area contributed by atoms with Crippen LogP contribution in [-0.2, 0) is 0 Å². The van der Waals surface area contributed by atoms with E-state index >= 15 is 0 Å². The van der Waals surface area contributed by atoms with E-state index in [4.69, 9.17) is 0 Å². The molecule has 1 atom stereocenters. The van der Waals surface area contributed by atoms with Gasteiger partial charge in [-0.2, -0.15) is 0 Å². The van der Waals surface area contributed by atoms with Gasteiger partial charge in [0.2, 0.25) is 0 Å². The lowest BCUT2D eigenvalue weighted by Crippen LogP contribution is -2.23. The van der Waals surface area contributed by atoms with E-state index in [1.165, 1.54) is 25.4 Å². The zero-order valence-corrected chi connectivity index (χ0v) is 9.57. The van der Waals surface area contributed by atoms with Crippen LogP contribution in [0.2, 0.25) is 0 Å². The molecule has 1 aliphatic rings. The second-order valence-electron chi connectivity index (χ2n) is 4.23. The SMILES string of the molecule is CCN1CCC(CNc2cc(=O)[nH]cn2)C1. The Hall–Kier alpha value is -1.36. The summed E-state index contributed by atoms with van der Waals surface area (Å²) >= 11 is 0. The van der Waals surface area contributed by atoms with Gasteiger partial charge in [0.15, 0.2) is 0 Å². The summed E-state index contributed by atoms with van der Waals surface area (Å²) in [5.41, 5.74) is -0.112. The van der Waals surface area contributed by atoms with E-state index in [2.05, 4.69) is 27.1 Å². The highest BCUT2D eigenvalue weighted by atomic mass is 16.1. The topological polar surface area (TPSA) is 61.0 Å². The minimum Gasteiger partial charge on any atom is -0.370 e. The maximum atomic E-state index is 11.0. The number of hydrogen-bond acceptors (Lipinski definition) is 4. The Kier molecular flexibility index (Phi) is 3.56. The molecule has 1 aromatic rings. The first-order chi connectivity index (χ1) is 7.78. The summed E-state index contributed by atoms with van der Waals surface area (Å²) in [5, 5.41) is 3.21. The van der Waals surface area contributed by atoms with Crippen LogP contribution in [0.15, 0.2) is 17.2 Å². The van der Waals surface area contributed by atoms with Crippen LogP contribution in [-0.4, -0.2) is 41.0 Å². The van der Waals surface area contributed by atoms with Crippen LogP contribution in [0.3, 0.4) is 0 Å². The van der Waals surface area contributed by atoms with Crippen LogP contribution >= 0.6 is 0 Å². The molecule has 0 aromatic carbocycles. The van der Waals surface area contributed by atoms with Crippen LogP contribution in [0.25, 0.3) is 0 Å². The van der Waals surface area contributed by atoms with Gasteiger partial charge in [0.25, 0.3) is 5.56 Å². The molecule has 5 nitrogen and oxygen atoms in total. The van der Waals surface area contributed by atoms with Gasteiger partial charge in [-0.3, -0.25) is 4.79 Å². The van der Waals surface area contributed by atoms with Crippen LogP contribution < -0.4 is 10.9 Å².